The fraction of sp³-hybridized carbons (Fsp3) is 0.172. The van der Waals surface area contributed by atoms with Crippen molar-refractivity contribution < 1.29 is 0 Å². The quantitative estimate of drug-likeness (QED) is 0.427. The fourth-order valence-corrected chi connectivity index (χ4v) is 4.20. The summed E-state index contributed by atoms with van der Waals surface area (Å²) in [6.45, 7) is 6.14. The van der Waals surface area contributed by atoms with Gasteiger partial charge < -0.3 is 4.98 Å². The van der Waals surface area contributed by atoms with Gasteiger partial charge in [-0.1, -0.05) is 104 Å². The molecule has 1 aliphatic rings. The van der Waals surface area contributed by atoms with Crippen LogP contribution in [-0.2, 0) is 0 Å². The molecule has 30 heavy (non-hydrogen) atoms. The molecule has 0 saturated heterocycles. The number of hydrogen-bond donors (Lipinski definition) is 1. The molecule has 1 heterocycles. The number of nitrogens with one attached hydrogen (secondary N) is 1. The van der Waals surface area contributed by atoms with Crippen LogP contribution in [-0.4, -0.2) is 4.98 Å². The maximum atomic E-state index is 3.75. The Kier molecular flexibility index (Phi) is 5.99. The van der Waals surface area contributed by atoms with Gasteiger partial charge in [0.05, 0.1) is 0 Å². The molecule has 150 valence electrons. The maximum Gasteiger partial charge on any atom is 0.0500 e. The highest BCUT2D eigenvalue weighted by atomic mass is 14.7. The van der Waals surface area contributed by atoms with Crippen molar-refractivity contribution in [3.63, 3.8) is 0 Å². The number of aryl methyl sites for hydroxylation is 1. The molecular formula is C29H29N. The Balaban J connectivity index is 0.00000106. The van der Waals surface area contributed by atoms with Crippen LogP contribution in [0.1, 0.15) is 43.4 Å². The van der Waals surface area contributed by atoms with Gasteiger partial charge in [-0.2, -0.15) is 0 Å². The summed E-state index contributed by atoms with van der Waals surface area (Å²) in [5.41, 5.74) is 9.21. The third-order valence-electron chi connectivity index (χ3n) is 5.68. The molecule has 1 aliphatic carbocycles. The summed E-state index contributed by atoms with van der Waals surface area (Å²) in [5.74, 6) is 0. The summed E-state index contributed by atoms with van der Waals surface area (Å²) in [7, 11) is 0. The molecule has 0 amide bonds. The monoisotopic (exact) mass is 391 g/mol. The van der Waals surface area contributed by atoms with Crippen LogP contribution in [0, 0.1) is 6.92 Å². The zero-order chi connectivity index (χ0) is 20.9. The van der Waals surface area contributed by atoms with Crippen molar-refractivity contribution in [2.24, 2.45) is 0 Å². The summed E-state index contributed by atoms with van der Waals surface area (Å²) in [6, 6.07) is 32.7. The lowest BCUT2D eigenvalue weighted by Gasteiger charge is -2.16. The second-order valence-electron chi connectivity index (χ2n) is 7.53. The third-order valence-corrected chi connectivity index (χ3v) is 5.68. The van der Waals surface area contributed by atoms with Crippen molar-refractivity contribution in [2.75, 3.05) is 0 Å². The highest BCUT2D eigenvalue weighted by molar-refractivity contribution is 5.76. The zero-order valence-electron chi connectivity index (χ0n) is 18.1. The van der Waals surface area contributed by atoms with Gasteiger partial charge in [-0.05, 0) is 53.7 Å². The van der Waals surface area contributed by atoms with Gasteiger partial charge in [0.1, 0.15) is 0 Å². The first-order valence-electron chi connectivity index (χ1n) is 10.9. The molecule has 0 unspecified atom stereocenters. The van der Waals surface area contributed by atoms with E-state index in [0.29, 0.717) is 0 Å². The third kappa shape index (κ3) is 3.89. The van der Waals surface area contributed by atoms with Gasteiger partial charge in [-0.3, -0.25) is 0 Å². The SMILES string of the molecule is CC.Cc1ccc(C2=c3[nH]c(-c4ccccc4)cc3=C(c3ccccc3)CC2)cc1. The van der Waals surface area contributed by atoms with Crippen molar-refractivity contribution in [1.82, 2.24) is 4.98 Å². The van der Waals surface area contributed by atoms with E-state index < -0.39 is 0 Å². The Morgan fingerprint density at radius 2 is 1.13 bits per heavy atom. The Morgan fingerprint density at radius 1 is 0.600 bits per heavy atom. The van der Waals surface area contributed by atoms with Crippen molar-refractivity contribution in [1.29, 1.82) is 0 Å². The van der Waals surface area contributed by atoms with E-state index in [4.69, 9.17) is 0 Å². The molecule has 1 N–H and O–H groups in total. The number of H-pyrrole nitrogens is 1. The van der Waals surface area contributed by atoms with Crippen LogP contribution >= 0.6 is 0 Å². The molecule has 4 aromatic rings. The predicted molar refractivity (Wildman–Crippen MR) is 129 cm³/mol. The Morgan fingerprint density at radius 3 is 1.77 bits per heavy atom. The molecule has 0 fully saturated rings. The van der Waals surface area contributed by atoms with E-state index >= 15 is 0 Å². The van der Waals surface area contributed by atoms with E-state index in [-0.39, 0.29) is 0 Å². The summed E-state index contributed by atoms with van der Waals surface area (Å²) < 4.78 is 0. The van der Waals surface area contributed by atoms with Gasteiger partial charge in [0.15, 0.2) is 0 Å². The van der Waals surface area contributed by atoms with Gasteiger partial charge >= 0.3 is 0 Å². The van der Waals surface area contributed by atoms with Crippen molar-refractivity contribution in [3.8, 4) is 11.3 Å². The molecule has 0 saturated carbocycles. The smallest absolute Gasteiger partial charge is 0.0500 e. The fourth-order valence-electron chi connectivity index (χ4n) is 4.20. The second kappa shape index (κ2) is 9.00. The number of fused-ring (bicyclic) bond motifs is 1. The standard InChI is InChI=1S/C27H23N.C2H6/c1-19-12-14-21(15-13-19)24-17-16-23(20-8-4-2-5-9-20)25-18-26(28-27(24)25)22-10-6-3-7-11-22;1-2/h2-15,18,28H,16-17H2,1H3;1-2H3. The summed E-state index contributed by atoms with van der Waals surface area (Å²) >= 11 is 0. The minimum absolute atomic E-state index is 1.05. The number of benzene rings is 3. The lowest BCUT2D eigenvalue weighted by atomic mass is 9.89. The number of hydrogen-bond acceptors (Lipinski definition) is 0. The maximum absolute atomic E-state index is 3.75. The number of aromatic nitrogens is 1. The average Bonchev–Trinajstić information content (AvgIpc) is 3.27. The van der Waals surface area contributed by atoms with Gasteiger partial charge in [0.2, 0.25) is 0 Å². The number of aromatic amines is 1. The van der Waals surface area contributed by atoms with E-state index in [2.05, 4.69) is 103 Å². The van der Waals surface area contributed by atoms with Crippen molar-refractivity contribution in [2.45, 2.75) is 33.6 Å². The van der Waals surface area contributed by atoms with Crippen LogP contribution in [0.3, 0.4) is 0 Å². The molecular weight excluding hydrogens is 362 g/mol. The van der Waals surface area contributed by atoms with Gasteiger partial charge in [0.25, 0.3) is 0 Å². The van der Waals surface area contributed by atoms with Crippen LogP contribution in [0.4, 0.5) is 0 Å². The predicted octanol–water partition coefficient (Wildman–Crippen LogP) is 6.21. The molecule has 0 spiro atoms. The van der Waals surface area contributed by atoms with Crippen LogP contribution in [0.2, 0.25) is 0 Å². The Bertz CT molecular complexity index is 1230. The van der Waals surface area contributed by atoms with Crippen LogP contribution in [0.25, 0.3) is 22.4 Å². The minimum Gasteiger partial charge on any atom is -0.354 e. The average molecular weight is 392 g/mol. The highest BCUT2D eigenvalue weighted by Gasteiger charge is 2.16. The molecule has 0 atom stereocenters. The summed E-state index contributed by atoms with van der Waals surface area (Å²) in [4.78, 5) is 3.75. The van der Waals surface area contributed by atoms with Gasteiger partial charge in [-0.15, -0.1) is 0 Å². The van der Waals surface area contributed by atoms with Crippen molar-refractivity contribution in [3.05, 3.63) is 118 Å². The van der Waals surface area contributed by atoms with E-state index in [0.717, 1.165) is 12.8 Å². The minimum atomic E-state index is 1.05. The highest BCUT2D eigenvalue weighted by Crippen LogP contribution is 2.27. The summed E-state index contributed by atoms with van der Waals surface area (Å²) in [5, 5.41) is 2.61. The molecule has 0 radical (unpaired) electrons. The Hall–Kier alpha value is -3.32. The van der Waals surface area contributed by atoms with Gasteiger partial charge in [0, 0.05) is 16.3 Å². The lowest BCUT2D eigenvalue weighted by Crippen LogP contribution is -2.31. The number of rotatable bonds is 3. The normalized spacial score (nSPS) is 12.8. The second-order valence-corrected chi connectivity index (χ2v) is 7.53. The lowest BCUT2D eigenvalue weighted by molar-refractivity contribution is 1.03. The molecule has 1 heteroatoms. The summed E-state index contributed by atoms with van der Waals surface area (Å²) in [6.07, 6.45) is 2.11. The first kappa shape index (κ1) is 20.0. The van der Waals surface area contributed by atoms with Gasteiger partial charge in [-0.25, -0.2) is 0 Å². The molecule has 1 aromatic heterocycles. The van der Waals surface area contributed by atoms with Crippen LogP contribution in [0.5, 0.6) is 0 Å². The van der Waals surface area contributed by atoms with E-state index in [1.165, 1.54) is 49.7 Å². The molecule has 0 bridgehead atoms. The zero-order valence-corrected chi connectivity index (χ0v) is 18.1. The molecule has 5 rings (SSSR count). The van der Waals surface area contributed by atoms with E-state index in [1.54, 1.807) is 0 Å². The first-order chi connectivity index (χ1) is 14.8. The first-order valence-corrected chi connectivity index (χ1v) is 10.9. The molecule has 0 aliphatic heterocycles. The van der Waals surface area contributed by atoms with E-state index in [1.807, 2.05) is 13.8 Å². The van der Waals surface area contributed by atoms with E-state index in [9.17, 15) is 0 Å². The van der Waals surface area contributed by atoms with Crippen LogP contribution in [0.15, 0.2) is 91.0 Å². The largest absolute Gasteiger partial charge is 0.354 e. The Labute approximate surface area is 179 Å². The van der Waals surface area contributed by atoms with Crippen LogP contribution < -0.4 is 10.6 Å². The van der Waals surface area contributed by atoms with Crippen molar-refractivity contribution >= 4 is 11.1 Å². The molecule has 1 nitrogen and oxygen atoms in total. The molecule has 3 aromatic carbocycles. The topological polar surface area (TPSA) is 15.8 Å².